The first-order valence-electron chi connectivity index (χ1n) is 9.51. The summed E-state index contributed by atoms with van der Waals surface area (Å²) in [5.74, 6) is 2.04. The molecule has 0 radical (unpaired) electrons. The molecule has 0 bridgehead atoms. The van der Waals surface area contributed by atoms with Gasteiger partial charge in [-0.15, -0.1) is 6.42 Å². The minimum absolute atomic E-state index is 0.00567. The minimum Gasteiger partial charge on any atom is -0.508 e. The average molecular weight is 374 g/mol. The quantitative estimate of drug-likeness (QED) is 0.454. The molecule has 3 unspecified atom stereocenters. The number of benzene rings is 1. The van der Waals surface area contributed by atoms with E-state index in [-0.39, 0.29) is 36.2 Å². The molecular weight excluding hydrogens is 344 g/mol. The van der Waals surface area contributed by atoms with Crippen molar-refractivity contribution in [3.05, 3.63) is 28.8 Å². The first-order valence-corrected chi connectivity index (χ1v) is 9.51. The van der Waals surface area contributed by atoms with Crippen LogP contribution in [0.3, 0.4) is 0 Å². The van der Waals surface area contributed by atoms with Crippen molar-refractivity contribution in [2.24, 2.45) is 5.92 Å². The van der Waals surface area contributed by atoms with E-state index >= 15 is 0 Å². The van der Waals surface area contributed by atoms with Gasteiger partial charge in [0.25, 0.3) is 0 Å². The summed E-state index contributed by atoms with van der Waals surface area (Å²) >= 11 is 0. The average Bonchev–Trinajstić information content (AvgIpc) is 3.40. The van der Waals surface area contributed by atoms with Crippen LogP contribution in [0.4, 0.5) is 0 Å². The fourth-order valence-corrected chi connectivity index (χ4v) is 3.80. The summed E-state index contributed by atoms with van der Waals surface area (Å²) in [6.45, 7) is 7.51. The van der Waals surface area contributed by atoms with Gasteiger partial charge in [0.05, 0.1) is 11.7 Å². The van der Waals surface area contributed by atoms with E-state index in [0.29, 0.717) is 30.4 Å². The second kappa shape index (κ2) is 8.33. The van der Waals surface area contributed by atoms with Crippen molar-refractivity contribution in [3.63, 3.8) is 0 Å². The lowest BCUT2D eigenvalue weighted by molar-refractivity contribution is -0.137. The highest BCUT2D eigenvalue weighted by Gasteiger charge is 2.51. The maximum Gasteiger partial charge on any atom is 0.303 e. The molecule has 148 valence electrons. The van der Waals surface area contributed by atoms with Crippen molar-refractivity contribution in [1.82, 2.24) is 0 Å². The van der Waals surface area contributed by atoms with Crippen LogP contribution in [0, 0.1) is 25.2 Å². The van der Waals surface area contributed by atoms with Crippen LogP contribution in [0.2, 0.25) is 0 Å². The Morgan fingerprint density at radius 2 is 2.11 bits per heavy atom. The van der Waals surface area contributed by atoms with Crippen molar-refractivity contribution in [2.45, 2.75) is 77.1 Å². The van der Waals surface area contributed by atoms with E-state index < -0.39 is 11.6 Å². The van der Waals surface area contributed by atoms with Gasteiger partial charge >= 0.3 is 5.97 Å². The third-order valence-corrected chi connectivity index (χ3v) is 5.99. The number of carbonyl (C=O) groups is 1. The number of rotatable bonds is 9. The topological polar surface area (TPSA) is 90.3 Å². The number of terminal acetylenes is 1. The Balaban J connectivity index is 2.23. The number of carboxylic acid groups (broad SMARTS) is 1. The SMILES string of the molecule is C#Cc1c([C@H](C)C(CCC(=O)O)CC2OC2[C@](C)(O)CC)ccc(O)c1C. The van der Waals surface area contributed by atoms with Gasteiger partial charge in [-0.1, -0.05) is 25.8 Å². The number of aliphatic carboxylic acids is 1. The van der Waals surface area contributed by atoms with Crippen LogP contribution in [-0.2, 0) is 9.53 Å². The Labute approximate surface area is 161 Å². The zero-order valence-electron chi connectivity index (χ0n) is 16.5. The fourth-order valence-electron chi connectivity index (χ4n) is 3.80. The van der Waals surface area contributed by atoms with E-state index in [4.69, 9.17) is 16.3 Å². The first-order chi connectivity index (χ1) is 12.6. The summed E-state index contributed by atoms with van der Waals surface area (Å²) < 4.78 is 5.72. The molecule has 27 heavy (non-hydrogen) atoms. The van der Waals surface area contributed by atoms with Crippen molar-refractivity contribution >= 4 is 5.97 Å². The summed E-state index contributed by atoms with van der Waals surface area (Å²) in [5.41, 5.74) is 1.39. The van der Waals surface area contributed by atoms with E-state index in [2.05, 4.69) is 5.92 Å². The molecule has 5 nitrogen and oxygen atoms in total. The van der Waals surface area contributed by atoms with Crippen molar-refractivity contribution in [2.75, 3.05) is 0 Å². The number of carboxylic acids is 1. The van der Waals surface area contributed by atoms with Gasteiger partial charge in [0.2, 0.25) is 0 Å². The molecule has 1 saturated heterocycles. The highest BCUT2D eigenvalue weighted by atomic mass is 16.6. The summed E-state index contributed by atoms with van der Waals surface area (Å²) in [6.07, 6.45) is 7.23. The van der Waals surface area contributed by atoms with E-state index in [1.807, 2.05) is 19.9 Å². The Morgan fingerprint density at radius 3 is 2.67 bits per heavy atom. The molecule has 1 aliphatic heterocycles. The number of hydrogen-bond donors (Lipinski definition) is 3. The lowest BCUT2D eigenvalue weighted by atomic mass is 9.78. The third kappa shape index (κ3) is 4.82. The fraction of sp³-hybridized carbons (Fsp3) is 0.591. The molecule has 1 aromatic carbocycles. The highest BCUT2D eigenvalue weighted by molar-refractivity contribution is 5.66. The van der Waals surface area contributed by atoms with E-state index in [0.717, 1.165) is 5.56 Å². The zero-order valence-corrected chi connectivity index (χ0v) is 16.5. The first kappa shape index (κ1) is 21.3. The molecule has 0 aliphatic carbocycles. The maximum absolute atomic E-state index is 11.1. The molecule has 0 saturated carbocycles. The maximum atomic E-state index is 11.1. The molecule has 0 aromatic heterocycles. The monoisotopic (exact) mass is 374 g/mol. The Bertz CT molecular complexity index is 731. The number of ether oxygens (including phenoxy) is 1. The molecule has 0 amide bonds. The number of phenols is 1. The summed E-state index contributed by atoms with van der Waals surface area (Å²) in [7, 11) is 0. The molecule has 1 heterocycles. The molecule has 5 heteroatoms. The standard InChI is InChI=1S/C22H30O5/c1-6-16-14(4)18(23)10-9-17(16)13(3)15(8-11-20(24)25)12-19-21(27-19)22(5,26)7-2/h1,9-10,13,15,19,21,23,26H,7-8,11-12H2,2-5H3,(H,24,25)/t13-,15?,19?,21?,22-/m1/s1. The van der Waals surface area contributed by atoms with Gasteiger partial charge in [-0.3, -0.25) is 4.79 Å². The largest absolute Gasteiger partial charge is 0.508 e. The number of phenolic OH excluding ortho intramolecular Hbond substituents is 1. The number of hydrogen-bond acceptors (Lipinski definition) is 4. The van der Waals surface area contributed by atoms with Crippen LogP contribution in [0.1, 0.15) is 69.1 Å². The number of epoxide rings is 1. The van der Waals surface area contributed by atoms with Gasteiger partial charge in [0.1, 0.15) is 11.9 Å². The molecule has 3 N–H and O–H groups in total. The van der Waals surface area contributed by atoms with Gasteiger partial charge in [0, 0.05) is 17.5 Å². The van der Waals surface area contributed by atoms with Crippen LogP contribution < -0.4 is 0 Å². The van der Waals surface area contributed by atoms with Crippen molar-refractivity contribution < 1.29 is 24.9 Å². The zero-order chi connectivity index (χ0) is 20.4. The van der Waals surface area contributed by atoms with Gasteiger partial charge < -0.3 is 20.1 Å². The summed E-state index contributed by atoms with van der Waals surface area (Å²) in [4.78, 5) is 11.1. The Hall–Kier alpha value is -2.03. The minimum atomic E-state index is -0.871. The molecule has 1 aliphatic rings. The summed E-state index contributed by atoms with van der Waals surface area (Å²) in [5, 5.41) is 29.5. The van der Waals surface area contributed by atoms with E-state index in [9.17, 15) is 15.0 Å². The molecule has 0 spiro atoms. The van der Waals surface area contributed by atoms with Crippen molar-refractivity contribution in [1.29, 1.82) is 0 Å². The number of aromatic hydroxyl groups is 1. The molecule has 1 fully saturated rings. The van der Waals surface area contributed by atoms with Crippen molar-refractivity contribution in [3.8, 4) is 18.1 Å². The lowest BCUT2D eigenvalue weighted by Crippen LogP contribution is -2.32. The second-order valence-corrected chi connectivity index (χ2v) is 7.84. The Kier molecular flexibility index (Phi) is 6.56. The van der Waals surface area contributed by atoms with E-state index in [1.54, 1.807) is 19.9 Å². The predicted octanol–water partition coefficient (Wildman–Crippen LogP) is 3.58. The highest BCUT2D eigenvalue weighted by Crippen LogP contribution is 2.43. The normalized spacial score (nSPS) is 23.1. The van der Waals surface area contributed by atoms with Crippen LogP contribution in [-0.4, -0.2) is 39.1 Å². The second-order valence-electron chi connectivity index (χ2n) is 7.84. The van der Waals surface area contributed by atoms with Gasteiger partial charge in [-0.25, -0.2) is 0 Å². The van der Waals surface area contributed by atoms with Crippen LogP contribution in [0.25, 0.3) is 0 Å². The molecule has 2 rings (SSSR count). The molecule has 1 aromatic rings. The van der Waals surface area contributed by atoms with Crippen LogP contribution >= 0.6 is 0 Å². The number of aliphatic hydroxyl groups is 1. The molecular formula is C22H30O5. The predicted molar refractivity (Wildman–Crippen MR) is 104 cm³/mol. The lowest BCUT2D eigenvalue weighted by Gasteiger charge is -2.26. The van der Waals surface area contributed by atoms with Gasteiger partial charge in [-0.2, -0.15) is 0 Å². The third-order valence-electron chi connectivity index (χ3n) is 5.99. The summed E-state index contributed by atoms with van der Waals surface area (Å²) in [6, 6.07) is 3.46. The molecule has 5 atom stereocenters. The Morgan fingerprint density at radius 1 is 1.44 bits per heavy atom. The van der Waals surface area contributed by atoms with Gasteiger partial charge in [-0.05, 0) is 56.6 Å². The van der Waals surface area contributed by atoms with Crippen LogP contribution in [0.15, 0.2) is 12.1 Å². The van der Waals surface area contributed by atoms with Gasteiger partial charge in [0.15, 0.2) is 0 Å². The van der Waals surface area contributed by atoms with Crippen LogP contribution in [0.5, 0.6) is 5.75 Å². The smallest absolute Gasteiger partial charge is 0.303 e. The van der Waals surface area contributed by atoms with E-state index in [1.165, 1.54) is 0 Å².